The summed E-state index contributed by atoms with van der Waals surface area (Å²) in [6, 6.07) is 0. The molecule has 8 unspecified atom stereocenters. The van der Waals surface area contributed by atoms with Crippen molar-refractivity contribution in [3.05, 3.63) is 0 Å². The quantitative estimate of drug-likeness (QED) is 0.0449. The van der Waals surface area contributed by atoms with Crippen molar-refractivity contribution >= 4 is 18.2 Å². The third kappa shape index (κ3) is 21.0. The number of carbonyl (C=O) groups excluding carboxylic acids is 3. The lowest BCUT2D eigenvalue weighted by atomic mass is 9.89. The zero-order chi connectivity index (χ0) is 32.6. The van der Waals surface area contributed by atoms with Crippen LogP contribution in [0.4, 0.5) is 0 Å². The van der Waals surface area contributed by atoms with Crippen molar-refractivity contribution in [2.45, 2.75) is 175 Å². The Kier molecular flexibility index (Phi) is 24.9. The van der Waals surface area contributed by atoms with Crippen LogP contribution in [-0.4, -0.2) is 64.4 Å². The highest BCUT2D eigenvalue weighted by atomic mass is 16.5. The molecule has 0 aliphatic heterocycles. The molecule has 0 aliphatic carbocycles. The third-order valence-electron chi connectivity index (χ3n) is 8.81. The first-order valence-corrected chi connectivity index (χ1v) is 17.4. The van der Waals surface area contributed by atoms with E-state index in [-0.39, 0.29) is 24.9 Å². The predicted molar refractivity (Wildman–Crippen MR) is 173 cm³/mol. The summed E-state index contributed by atoms with van der Waals surface area (Å²) in [5.41, 5.74) is 0. The van der Waals surface area contributed by atoms with Crippen LogP contribution in [0.2, 0.25) is 0 Å². The average Bonchev–Trinajstić information content (AvgIpc) is 2.97. The van der Waals surface area contributed by atoms with Crippen molar-refractivity contribution < 1.29 is 34.4 Å². The van der Waals surface area contributed by atoms with Gasteiger partial charge in [0.1, 0.15) is 6.29 Å². The first kappa shape index (κ1) is 41.5. The van der Waals surface area contributed by atoms with Gasteiger partial charge in [-0.05, 0) is 49.9 Å². The molecule has 0 spiro atoms. The van der Waals surface area contributed by atoms with Crippen LogP contribution in [0.25, 0.3) is 0 Å². The van der Waals surface area contributed by atoms with Crippen molar-refractivity contribution in [3.8, 4) is 0 Å². The number of ether oxygens (including phenoxy) is 1. The number of nitrogens with one attached hydrogen (secondary N) is 1. The van der Waals surface area contributed by atoms with Gasteiger partial charge in [-0.1, -0.05) is 106 Å². The average molecular weight is 614 g/mol. The summed E-state index contributed by atoms with van der Waals surface area (Å²) in [7, 11) is 0. The lowest BCUT2D eigenvalue weighted by Gasteiger charge is -2.24. The number of aliphatic hydroxyl groups excluding tert-OH is 3. The normalized spacial score (nSPS) is 17.2. The van der Waals surface area contributed by atoms with Gasteiger partial charge in [0.15, 0.2) is 6.10 Å². The molecule has 8 nitrogen and oxygen atoms in total. The highest BCUT2D eigenvalue weighted by molar-refractivity contribution is 5.84. The molecule has 43 heavy (non-hydrogen) atoms. The Hall–Kier alpha value is -1.51. The molecule has 0 heterocycles. The van der Waals surface area contributed by atoms with E-state index in [9.17, 15) is 29.7 Å². The van der Waals surface area contributed by atoms with Crippen molar-refractivity contribution in [1.29, 1.82) is 0 Å². The summed E-state index contributed by atoms with van der Waals surface area (Å²) >= 11 is 0. The van der Waals surface area contributed by atoms with E-state index >= 15 is 0 Å². The molecule has 0 aliphatic rings. The van der Waals surface area contributed by atoms with Crippen LogP contribution in [0.5, 0.6) is 0 Å². The minimum atomic E-state index is -1.09. The molecule has 0 saturated heterocycles. The second kappa shape index (κ2) is 25.8. The summed E-state index contributed by atoms with van der Waals surface area (Å²) in [5.74, 6) is 0.379. The Morgan fingerprint density at radius 1 is 0.744 bits per heavy atom. The van der Waals surface area contributed by atoms with E-state index in [1.807, 2.05) is 13.8 Å². The SMILES string of the molecule is CCCCCC(C)CC(C)C(=O)OC(CCC)C(=O)NCC(O)CC(O)C(O)CCC(C)CCCC(CC)CCCC=O. The van der Waals surface area contributed by atoms with Gasteiger partial charge in [-0.25, -0.2) is 0 Å². The summed E-state index contributed by atoms with van der Waals surface area (Å²) < 4.78 is 5.58. The third-order valence-corrected chi connectivity index (χ3v) is 8.81. The van der Waals surface area contributed by atoms with E-state index in [4.69, 9.17) is 4.74 Å². The molecule has 8 atom stereocenters. The van der Waals surface area contributed by atoms with Crippen LogP contribution in [-0.2, 0) is 19.1 Å². The number of amides is 1. The highest BCUT2D eigenvalue weighted by Gasteiger charge is 2.27. The maximum absolute atomic E-state index is 12.8. The number of rotatable bonds is 28. The molecule has 8 heteroatoms. The molecule has 0 saturated carbocycles. The Labute approximate surface area is 263 Å². The van der Waals surface area contributed by atoms with Gasteiger partial charge in [0.2, 0.25) is 0 Å². The van der Waals surface area contributed by atoms with Gasteiger partial charge in [-0.15, -0.1) is 0 Å². The largest absolute Gasteiger partial charge is 0.452 e. The van der Waals surface area contributed by atoms with Crippen molar-refractivity contribution in [2.75, 3.05) is 6.54 Å². The van der Waals surface area contributed by atoms with Gasteiger partial charge >= 0.3 is 5.97 Å². The van der Waals surface area contributed by atoms with E-state index in [1.54, 1.807) is 0 Å². The molecular weight excluding hydrogens is 546 g/mol. The zero-order valence-electron chi connectivity index (χ0n) is 28.4. The lowest BCUT2D eigenvalue weighted by Crippen LogP contribution is -2.43. The van der Waals surface area contributed by atoms with Crippen LogP contribution in [0.1, 0.15) is 151 Å². The predicted octanol–water partition coefficient (Wildman–Crippen LogP) is 6.51. The smallest absolute Gasteiger partial charge is 0.309 e. The number of hydrogen-bond donors (Lipinski definition) is 4. The fraction of sp³-hybridized carbons (Fsp3) is 0.914. The van der Waals surface area contributed by atoms with Gasteiger partial charge < -0.3 is 30.2 Å². The van der Waals surface area contributed by atoms with Gasteiger partial charge in [-0.2, -0.15) is 0 Å². The molecule has 0 rings (SSSR count). The lowest BCUT2D eigenvalue weighted by molar-refractivity contribution is -0.160. The Morgan fingerprint density at radius 3 is 2.05 bits per heavy atom. The second-order valence-corrected chi connectivity index (χ2v) is 13.2. The van der Waals surface area contributed by atoms with E-state index < -0.39 is 30.3 Å². The molecule has 0 aromatic carbocycles. The minimum absolute atomic E-state index is 0.0556. The van der Waals surface area contributed by atoms with Crippen LogP contribution in [0.15, 0.2) is 0 Å². The summed E-state index contributed by atoms with van der Waals surface area (Å²) in [5, 5.41) is 34.0. The van der Waals surface area contributed by atoms with Gasteiger partial charge in [0.05, 0.1) is 24.2 Å². The number of carbonyl (C=O) groups is 3. The Bertz CT molecular complexity index is 718. The molecule has 0 aromatic heterocycles. The number of esters is 1. The van der Waals surface area contributed by atoms with Gasteiger partial charge in [0.25, 0.3) is 5.91 Å². The number of aliphatic hydroxyl groups is 3. The van der Waals surface area contributed by atoms with Crippen LogP contribution < -0.4 is 5.32 Å². The van der Waals surface area contributed by atoms with Crippen molar-refractivity contribution in [3.63, 3.8) is 0 Å². The monoisotopic (exact) mass is 613 g/mol. The van der Waals surface area contributed by atoms with E-state index in [1.165, 1.54) is 6.42 Å². The maximum Gasteiger partial charge on any atom is 0.309 e. The summed E-state index contributed by atoms with van der Waals surface area (Å²) in [6.07, 6.45) is 11.7. The van der Waals surface area contributed by atoms with E-state index in [2.05, 4.69) is 33.0 Å². The Morgan fingerprint density at radius 2 is 1.42 bits per heavy atom. The van der Waals surface area contributed by atoms with Crippen molar-refractivity contribution in [2.24, 2.45) is 23.7 Å². The molecule has 0 bridgehead atoms. The standard InChI is InChI=1S/C35H67NO7/c1-7-10-11-16-27(5)23-28(6)35(42)43-33(15-8-2)34(41)36-25-30(38)24-32(40)31(39)21-20-26(4)17-14-19-29(9-3)18-12-13-22-37/h22,26-33,38-40H,7-21,23-25H2,1-6H3,(H,36,41). The van der Waals surface area contributed by atoms with Crippen LogP contribution >= 0.6 is 0 Å². The molecule has 0 aromatic rings. The number of hydrogen-bond acceptors (Lipinski definition) is 7. The molecule has 4 N–H and O–H groups in total. The fourth-order valence-corrected chi connectivity index (χ4v) is 5.76. The second-order valence-electron chi connectivity index (χ2n) is 13.2. The summed E-state index contributed by atoms with van der Waals surface area (Å²) in [6.45, 7) is 12.3. The van der Waals surface area contributed by atoms with Gasteiger partial charge in [-0.3, -0.25) is 9.59 Å². The van der Waals surface area contributed by atoms with Crippen LogP contribution in [0, 0.1) is 23.7 Å². The molecule has 254 valence electrons. The topological polar surface area (TPSA) is 133 Å². The molecular formula is C35H67NO7. The first-order chi connectivity index (χ1) is 20.5. The Balaban J connectivity index is 4.46. The minimum Gasteiger partial charge on any atom is -0.452 e. The molecule has 0 fully saturated rings. The fourth-order valence-electron chi connectivity index (χ4n) is 5.76. The number of unbranched alkanes of at least 4 members (excludes halogenated alkanes) is 3. The van der Waals surface area contributed by atoms with Gasteiger partial charge in [0, 0.05) is 19.4 Å². The highest BCUT2D eigenvalue weighted by Crippen LogP contribution is 2.24. The number of aldehydes is 1. The van der Waals surface area contributed by atoms with Crippen LogP contribution in [0.3, 0.4) is 0 Å². The zero-order valence-corrected chi connectivity index (χ0v) is 28.4. The maximum atomic E-state index is 12.8. The molecule has 0 radical (unpaired) electrons. The van der Waals surface area contributed by atoms with E-state index in [0.29, 0.717) is 43.4 Å². The van der Waals surface area contributed by atoms with E-state index in [0.717, 1.165) is 76.9 Å². The summed E-state index contributed by atoms with van der Waals surface area (Å²) in [4.78, 5) is 36.0. The first-order valence-electron chi connectivity index (χ1n) is 17.4. The molecule has 1 amide bonds. The van der Waals surface area contributed by atoms with Crippen molar-refractivity contribution in [1.82, 2.24) is 5.32 Å².